The highest BCUT2D eigenvalue weighted by Crippen LogP contribution is 2.34. The van der Waals surface area contributed by atoms with Crippen LogP contribution >= 0.6 is 0 Å². The van der Waals surface area contributed by atoms with Crippen molar-refractivity contribution in [1.82, 2.24) is 9.97 Å². The molecule has 2 aromatic rings. The summed E-state index contributed by atoms with van der Waals surface area (Å²) in [6, 6.07) is 12.1. The fourth-order valence-electron chi connectivity index (χ4n) is 2.60. The summed E-state index contributed by atoms with van der Waals surface area (Å²) in [5.74, 6) is 0.793. The van der Waals surface area contributed by atoms with Gasteiger partial charge in [-0.15, -0.1) is 0 Å². The molecular formula is C15H17N3. The topological polar surface area (TPSA) is 51.8 Å². The third-order valence-corrected chi connectivity index (χ3v) is 3.67. The highest BCUT2D eigenvalue weighted by atomic mass is 15.0. The van der Waals surface area contributed by atoms with E-state index in [0.717, 1.165) is 29.9 Å². The molecule has 0 radical (unpaired) electrons. The van der Waals surface area contributed by atoms with Crippen molar-refractivity contribution < 1.29 is 0 Å². The van der Waals surface area contributed by atoms with E-state index in [2.05, 4.69) is 22.1 Å². The van der Waals surface area contributed by atoms with Gasteiger partial charge in [-0.05, 0) is 18.9 Å². The van der Waals surface area contributed by atoms with Crippen LogP contribution in [0.2, 0.25) is 0 Å². The summed E-state index contributed by atoms with van der Waals surface area (Å²) < 4.78 is 0. The molecule has 0 spiro atoms. The van der Waals surface area contributed by atoms with Gasteiger partial charge in [-0.3, -0.25) is 0 Å². The molecule has 1 saturated carbocycles. The molecule has 0 atom stereocenters. The molecule has 18 heavy (non-hydrogen) atoms. The van der Waals surface area contributed by atoms with Crippen LogP contribution in [0.5, 0.6) is 0 Å². The van der Waals surface area contributed by atoms with Gasteiger partial charge in [0.05, 0.1) is 11.2 Å². The highest BCUT2D eigenvalue weighted by molar-refractivity contribution is 5.58. The lowest BCUT2D eigenvalue weighted by Crippen LogP contribution is -2.35. The van der Waals surface area contributed by atoms with Crippen molar-refractivity contribution in [3.8, 4) is 11.3 Å². The molecule has 1 aromatic carbocycles. The van der Waals surface area contributed by atoms with E-state index >= 15 is 0 Å². The molecule has 2 N–H and O–H groups in total. The number of hydrogen-bond acceptors (Lipinski definition) is 3. The minimum absolute atomic E-state index is 0.315. The second-order valence-corrected chi connectivity index (χ2v) is 4.99. The van der Waals surface area contributed by atoms with Gasteiger partial charge in [0.25, 0.3) is 0 Å². The molecule has 0 bridgehead atoms. The number of hydrogen-bond donors (Lipinski definition) is 1. The molecule has 1 aromatic heterocycles. The average Bonchev–Trinajstić information content (AvgIpc) is 2.88. The van der Waals surface area contributed by atoms with Crippen LogP contribution in [0.4, 0.5) is 0 Å². The van der Waals surface area contributed by atoms with Gasteiger partial charge < -0.3 is 5.73 Å². The summed E-state index contributed by atoms with van der Waals surface area (Å²) >= 11 is 0. The van der Waals surface area contributed by atoms with Crippen LogP contribution in [-0.4, -0.2) is 9.97 Å². The molecule has 1 aliphatic carbocycles. The Balaban J connectivity index is 1.99. The van der Waals surface area contributed by atoms with E-state index < -0.39 is 0 Å². The molecule has 3 rings (SSSR count). The Morgan fingerprint density at radius 3 is 2.44 bits per heavy atom. The standard InChI is InChI=1S/C15H17N3/c16-15(9-4-5-10-15)14-17-11-8-13(18-14)12-6-2-1-3-7-12/h1-3,6-8,11H,4-5,9-10,16H2. The van der Waals surface area contributed by atoms with Crippen molar-refractivity contribution in [2.75, 3.05) is 0 Å². The van der Waals surface area contributed by atoms with Gasteiger partial charge in [-0.2, -0.15) is 0 Å². The van der Waals surface area contributed by atoms with E-state index in [1.165, 1.54) is 12.8 Å². The number of rotatable bonds is 2. The average molecular weight is 239 g/mol. The monoisotopic (exact) mass is 239 g/mol. The van der Waals surface area contributed by atoms with Crippen molar-refractivity contribution in [3.63, 3.8) is 0 Å². The number of nitrogens with zero attached hydrogens (tertiary/aromatic N) is 2. The maximum Gasteiger partial charge on any atom is 0.148 e. The molecule has 92 valence electrons. The molecule has 3 heteroatoms. The zero-order chi connectivity index (χ0) is 12.4. The van der Waals surface area contributed by atoms with Crippen LogP contribution in [-0.2, 0) is 5.54 Å². The third-order valence-electron chi connectivity index (χ3n) is 3.67. The number of benzene rings is 1. The Morgan fingerprint density at radius 1 is 1.00 bits per heavy atom. The lowest BCUT2D eigenvalue weighted by molar-refractivity contribution is 0.432. The van der Waals surface area contributed by atoms with Crippen molar-refractivity contribution in [2.45, 2.75) is 31.2 Å². The third kappa shape index (κ3) is 2.02. The minimum atomic E-state index is -0.315. The largest absolute Gasteiger partial charge is 0.319 e. The first-order valence-corrected chi connectivity index (χ1v) is 6.46. The molecule has 0 saturated heterocycles. The first-order chi connectivity index (χ1) is 8.78. The van der Waals surface area contributed by atoms with E-state index in [1.54, 1.807) is 0 Å². The predicted octanol–water partition coefficient (Wildman–Crippen LogP) is 2.87. The predicted molar refractivity (Wildman–Crippen MR) is 71.8 cm³/mol. The Hall–Kier alpha value is -1.74. The van der Waals surface area contributed by atoms with Gasteiger partial charge in [-0.1, -0.05) is 43.2 Å². The van der Waals surface area contributed by atoms with Gasteiger partial charge in [0.1, 0.15) is 5.82 Å². The van der Waals surface area contributed by atoms with Crippen molar-refractivity contribution in [3.05, 3.63) is 48.4 Å². The van der Waals surface area contributed by atoms with Gasteiger partial charge in [0, 0.05) is 11.8 Å². The van der Waals surface area contributed by atoms with Crippen molar-refractivity contribution in [2.24, 2.45) is 5.73 Å². The minimum Gasteiger partial charge on any atom is -0.319 e. The number of aromatic nitrogens is 2. The smallest absolute Gasteiger partial charge is 0.148 e. The van der Waals surface area contributed by atoms with E-state index in [1.807, 2.05) is 30.5 Å². The van der Waals surface area contributed by atoms with Crippen molar-refractivity contribution >= 4 is 0 Å². The summed E-state index contributed by atoms with van der Waals surface area (Å²) in [4.78, 5) is 9.04. The van der Waals surface area contributed by atoms with E-state index in [-0.39, 0.29) is 5.54 Å². The quantitative estimate of drug-likeness (QED) is 0.876. The molecule has 1 heterocycles. The molecule has 1 aliphatic rings. The van der Waals surface area contributed by atoms with E-state index in [0.29, 0.717) is 0 Å². The summed E-state index contributed by atoms with van der Waals surface area (Å²) in [7, 11) is 0. The summed E-state index contributed by atoms with van der Waals surface area (Å²) in [5.41, 5.74) is 8.16. The van der Waals surface area contributed by atoms with Gasteiger partial charge >= 0.3 is 0 Å². The highest BCUT2D eigenvalue weighted by Gasteiger charge is 2.34. The fourth-order valence-corrected chi connectivity index (χ4v) is 2.60. The van der Waals surface area contributed by atoms with Gasteiger partial charge in [0.15, 0.2) is 0 Å². The van der Waals surface area contributed by atoms with Crippen molar-refractivity contribution in [1.29, 1.82) is 0 Å². The molecular weight excluding hydrogens is 222 g/mol. The van der Waals surface area contributed by atoms with E-state index in [9.17, 15) is 0 Å². The van der Waals surface area contributed by atoms with Crippen LogP contribution in [0, 0.1) is 0 Å². The Bertz CT molecular complexity index is 530. The summed E-state index contributed by atoms with van der Waals surface area (Å²) in [6.45, 7) is 0. The Kier molecular flexibility index (Phi) is 2.84. The fraction of sp³-hybridized carbons (Fsp3) is 0.333. The maximum absolute atomic E-state index is 6.40. The van der Waals surface area contributed by atoms with Crippen LogP contribution in [0.15, 0.2) is 42.6 Å². The van der Waals surface area contributed by atoms with Crippen LogP contribution in [0.1, 0.15) is 31.5 Å². The molecule has 0 amide bonds. The van der Waals surface area contributed by atoms with Crippen LogP contribution in [0.3, 0.4) is 0 Å². The second-order valence-electron chi connectivity index (χ2n) is 4.99. The van der Waals surface area contributed by atoms with E-state index in [4.69, 9.17) is 5.73 Å². The van der Waals surface area contributed by atoms with Crippen LogP contribution in [0.25, 0.3) is 11.3 Å². The molecule has 3 nitrogen and oxygen atoms in total. The molecule has 0 aliphatic heterocycles. The SMILES string of the molecule is NC1(c2nccc(-c3ccccc3)n2)CCCC1. The Labute approximate surface area is 107 Å². The molecule has 1 fully saturated rings. The zero-order valence-electron chi connectivity index (χ0n) is 10.3. The second kappa shape index (κ2) is 4.50. The van der Waals surface area contributed by atoms with Crippen LogP contribution < -0.4 is 5.73 Å². The molecule has 0 unspecified atom stereocenters. The summed E-state index contributed by atoms with van der Waals surface area (Å²) in [6.07, 6.45) is 6.15. The Morgan fingerprint density at radius 2 is 1.72 bits per heavy atom. The first-order valence-electron chi connectivity index (χ1n) is 6.46. The lowest BCUT2D eigenvalue weighted by atomic mass is 9.98. The van der Waals surface area contributed by atoms with Gasteiger partial charge in [-0.25, -0.2) is 9.97 Å². The zero-order valence-corrected chi connectivity index (χ0v) is 10.3. The normalized spacial score (nSPS) is 17.8. The lowest BCUT2D eigenvalue weighted by Gasteiger charge is -2.21. The number of nitrogens with two attached hydrogens (primary N) is 1. The van der Waals surface area contributed by atoms with Gasteiger partial charge in [0.2, 0.25) is 0 Å². The first kappa shape index (κ1) is 11.4. The maximum atomic E-state index is 6.40. The summed E-state index contributed by atoms with van der Waals surface area (Å²) in [5, 5.41) is 0.